The Hall–Kier alpha value is -4.59. The molecule has 0 radical (unpaired) electrons. The van der Waals surface area contributed by atoms with Crippen LogP contribution in [0.5, 0.6) is 5.75 Å². The number of nitrogens with one attached hydrogen (secondary N) is 3. The first-order chi connectivity index (χ1) is 19.6. The monoisotopic (exact) mass is 578 g/mol. The Morgan fingerprint density at radius 1 is 1.10 bits per heavy atom. The Balaban J connectivity index is 1.53. The number of pyridine rings is 1. The average Bonchev–Trinajstić information content (AvgIpc) is 3.32. The second-order valence-corrected chi connectivity index (χ2v) is 11.6. The number of Topliss-reactive ketones (excluding diaryl/α,β-unsaturated/α-hetero) is 1. The smallest absolute Gasteiger partial charge is 0.282 e. The molecule has 0 aliphatic carbocycles. The standard InChI is InChI=1S/C28H27FN6O5S/c1-34(2)41(38,39)35-15-21-25(22(36)16-35)27(31-19-7-5-4-6-8-19)26(32-21)17-11-12-30-24(14-17)33-28(37)18-9-10-20(29)23(13-18)40-3/h4-14,31-32H,15-16H2,1-3H3,(H,30,33,37). The lowest BCUT2D eigenvalue weighted by Crippen LogP contribution is -2.44. The number of carbonyl (C=O) groups excluding carboxylic acids is 2. The van der Waals surface area contributed by atoms with Gasteiger partial charge in [0.15, 0.2) is 17.3 Å². The molecule has 4 aromatic rings. The number of benzene rings is 2. The van der Waals surface area contributed by atoms with Crippen LogP contribution in [0.15, 0.2) is 66.9 Å². The van der Waals surface area contributed by atoms with Crippen LogP contribution < -0.4 is 15.4 Å². The van der Waals surface area contributed by atoms with Crippen molar-refractivity contribution in [2.45, 2.75) is 6.54 Å². The van der Waals surface area contributed by atoms with Crippen LogP contribution in [-0.2, 0) is 16.8 Å². The van der Waals surface area contributed by atoms with E-state index in [4.69, 9.17) is 4.74 Å². The second kappa shape index (κ2) is 11.1. The van der Waals surface area contributed by atoms with E-state index < -0.39 is 21.9 Å². The minimum Gasteiger partial charge on any atom is -0.494 e. The molecule has 0 atom stereocenters. The zero-order valence-electron chi connectivity index (χ0n) is 22.4. The molecule has 0 unspecified atom stereocenters. The third-order valence-electron chi connectivity index (χ3n) is 6.55. The molecule has 1 aliphatic heterocycles. The highest BCUT2D eigenvalue weighted by atomic mass is 32.2. The van der Waals surface area contributed by atoms with Gasteiger partial charge in [0, 0.05) is 42.8 Å². The number of para-hydroxylation sites is 1. The van der Waals surface area contributed by atoms with Crippen LogP contribution in [0.4, 0.5) is 21.6 Å². The number of rotatable bonds is 8. The predicted octanol–water partition coefficient (Wildman–Crippen LogP) is 4.03. The van der Waals surface area contributed by atoms with Crippen molar-refractivity contribution in [3.8, 4) is 17.0 Å². The topological polar surface area (TPSA) is 137 Å². The fourth-order valence-electron chi connectivity index (χ4n) is 4.49. The molecule has 5 rings (SSSR count). The van der Waals surface area contributed by atoms with Crippen LogP contribution in [0, 0.1) is 5.82 Å². The summed E-state index contributed by atoms with van der Waals surface area (Å²) in [5.74, 6) is -1.35. The Morgan fingerprint density at radius 2 is 1.85 bits per heavy atom. The van der Waals surface area contributed by atoms with Crippen LogP contribution in [0.1, 0.15) is 26.4 Å². The number of hydrogen-bond acceptors (Lipinski definition) is 7. The van der Waals surface area contributed by atoms with Gasteiger partial charge in [-0.2, -0.15) is 17.0 Å². The lowest BCUT2D eigenvalue weighted by Gasteiger charge is -2.28. The van der Waals surface area contributed by atoms with Crippen molar-refractivity contribution in [2.24, 2.45) is 0 Å². The maximum Gasteiger partial charge on any atom is 0.282 e. The molecule has 3 heterocycles. The van der Waals surface area contributed by atoms with E-state index >= 15 is 0 Å². The van der Waals surface area contributed by atoms with E-state index in [0.29, 0.717) is 28.2 Å². The number of aromatic amines is 1. The van der Waals surface area contributed by atoms with Gasteiger partial charge in [0.1, 0.15) is 5.82 Å². The maximum absolute atomic E-state index is 13.8. The minimum absolute atomic E-state index is 0.0356. The molecule has 0 saturated heterocycles. The molecule has 212 valence electrons. The fourth-order valence-corrected chi connectivity index (χ4v) is 5.53. The zero-order valence-corrected chi connectivity index (χ0v) is 23.3. The lowest BCUT2D eigenvalue weighted by molar-refractivity contribution is 0.0947. The van der Waals surface area contributed by atoms with Crippen molar-refractivity contribution in [3.05, 3.63) is 89.5 Å². The number of H-pyrrole nitrogens is 1. The number of hydrogen-bond donors (Lipinski definition) is 3. The Kier molecular flexibility index (Phi) is 7.58. The largest absolute Gasteiger partial charge is 0.494 e. The molecule has 0 saturated carbocycles. The van der Waals surface area contributed by atoms with Gasteiger partial charge in [0.05, 0.1) is 37.1 Å². The first-order valence-corrected chi connectivity index (χ1v) is 13.9. The molecular weight excluding hydrogens is 551 g/mol. The van der Waals surface area contributed by atoms with Crippen LogP contribution in [0.25, 0.3) is 11.3 Å². The van der Waals surface area contributed by atoms with Gasteiger partial charge in [-0.15, -0.1) is 0 Å². The summed E-state index contributed by atoms with van der Waals surface area (Å²) in [5.41, 5.74) is 3.25. The number of ketones is 1. The summed E-state index contributed by atoms with van der Waals surface area (Å²) in [5, 5.41) is 6.00. The van der Waals surface area contributed by atoms with E-state index in [2.05, 4.69) is 20.6 Å². The number of fused-ring (bicyclic) bond motifs is 1. The lowest BCUT2D eigenvalue weighted by atomic mass is 10.0. The van der Waals surface area contributed by atoms with E-state index in [1.54, 1.807) is 12.1 Å². The summed E-state index contributed by atoms with van der Waals surface area (Å²) in [6.07, 6.45) is 1.49. The van der Waals surface area contributed by atoms with E-state index in [9.17, 15) is 22.4 Å². The van der Waals surface area contributed by atoms with Crippen molar-refractivity contribution in [1.82, 2.24) is 18.6 Å². The van der Waals surface area contributed by atoms with Gasteiger partial charge in [-0.05, 0) is 42.5 Å². The molecule has 0 spiro atoms. The van der Waals surface area contributed by atoms with E-state index in [1.165, 1.54) is 39.5 Å². The molecule has 41 heavy (non-hydrogen) atoms. The molecule has 0 fully saturated rings. The number of amides is 1. The summed E-state index contributed by atoms with van der Waals surface area (Å²) < 4.78 is 46.6. The number of nitrogens with zero attached hydrogens (tertiary/aromatic N) is 3. The summed E-state index contributed by atoms with van der Waals surface area (Å²) >= 11 is 0. The number of methoxy groups -OCH3 is 1. The molecular formula is C28H27FN6O5S. The highest BCUT2D eigenvalue weighted by Crippen LogP contribution is 2.39. The second-order valence-electron chi connectivity index (χ2n) is 9.43. The van der Waals surface area contributed by atoms with E-state index in [-0.39, 0.29) is 36.0 Å². The van der Waals surface area contributed by atoms with Crippen molar-refractivity contribution in [1.29, 1.82) is 0 Å². The summed E-state index contributed by atoms with van der Waals surface area (Å²) in [7, 11) is 0.285. The number of halogens is 1. The molecule has 13 heteroatoms. The first-order valence-electron chi connectivity index (χ1n) is 12.5. The van der Waals surface area contributed by atoms with Crippen molar-refractivity contribution in [2.75, 3.05) is 38.4 Å². The van der Waals surface area contributed by atoms with Crippen molar-refractivity contribution < 1.29 is 27.1 Å². The summed E-state index contributed by atoms with van der Waals surface area (Å²) in [6.45, 7) is -0.348. The molecule has 2 aromatic heterocycles. The molecule has 3 N–H and O–H groups in total. The zero-order chi connectivity index (χ0) is 29.3. The normalized spacial score (nSPS) is 13.6. The van der Waals surface area contributed by atoms with Crippen LogP contribution in [-0.4, -0.2) is 66.4 Å². The van der Waals surface area contributed by atoms with Crippen LogP contribution in [0.2, 0.25) is 0 Å². The molecule has 1 amide bonds. The summed E-state index contributed by atoms with van der Waals surface area (Å²) in [6, 6.07) is 16.3. The van der Waals surface area contributed by atoms with Gasteiger partial charge in [-0.1, -0.05) is 18.2 Å². The Labute approximate surface area is 236 Å². The van der Waals surface area contributed by atoms with E-state index in [1.807, 2.05) is 30.3 Å². The number of anilines is 3. The predicted molar refractivity (Wildman–Crippen MR) is 152 cm³/mol. The van der Waals surface area contributed by atoms with Gasteiger partial charge < -0.3 is 20.4 Å². The Morgan fingerprint density at radius 3 is 2.56 bits per heavy atom. The fraction of sp³-hybridized carbons (Fsp3) is 0.179. The molecule has 0 bridgehead atoms. The highest BCUT2D eigenvalue weighted by Gasteiger charge is 2.36. The molecule has 2 aromatic carbocycles. The molecule has 11 nitrogen and oxygen atoms in total. The maximum atomic E-state index is 13.8. The van der Waals surface area contributed by atoms with Crippen LogP contribution in [0.3, 0.4) is 0 Å². The van der Waals surface area contributed by atoms with Gasteiger partial charge in [-0.3, -0.25) is 9.59 Å². The van der Waals surface area contributed by atoms with Gasteiger partial charge in [0.2, 0.25) is 0 Å². The SMILES string of the molecule is COc1cc(C(=O)Nc2cc(-c3[nH]c4c(c3Nc3ccccc3)C(=O)CN(S(=O)(=O)N(C)C)C4)ccn2)ccc1F. The van der Waals surface area contributed by atoms with Gasteiger partial charge in [0.25, 0.3) is 16.1 Å². The average molecular weight is 579 g/mol. The third kappa shape index (κ3) is 5.55. The number of carbonyl (C=O) groups is 2. The Bertz CT molecular complexity index is 1740. The quantitative estimate of drug-likeness (QED) is 0.287. The third-order valence-corrected chi connectivity index (χ3v) is 8.38. The number of aromatic nitrogens is 2. The van der Waals surface area contributed by atoms with E-state index in [0.717, 1.165) is 20.4 Å². The van der Waals surface area contributed by atoms with Crippen molar-refractivity contribution >= 4 is 39.1 Å². The highest BCUT2D eigenvalue weighted by molar-refractivity contribution is 7.86. The molecule has 1 aliphatic rings. The van der Waals surface area contributed by atoms with Crippen LogP contribution >= 0.6 is 0 Å². The van der Waals surface area contributed by atoms with Gasteiger partial charge in [-0.25, -0.2) is 9.37 Å². The first kappa shape index (κ1) is 28.0. The van der Waals surface area contributed by atoms with Crippen molar-refractivity contribution in [3.63, 3.8) is 0 Å². The minimum atomic E-state index is -3.84. The van der Waals surface area contributed by atoms with Gasteiger partial charge >= 0.3 is 0 Å². The summed E-state index contributed by atoms with van der Waals surface area (Å²) in [4.78, 5) is 33.7. The number of ether oxygens (including phenoxy) is 1.